The van der Waals surface area contributed by atoms with E-state index < -0.39 is 0 Å². The first-order valence-corrected chi connectivity index (χ1v) is 2.44. The third-order valence-electron chi connectivity index (χ3n) is 0.501. The van der Waals surface area contributed by atoms with E-state index in [9.17, 15) is 4.79 Å². The maximum Gasteiger partial charge on any atom is 0.295 e. The summed E-state index contributed by atoms with van der Waals surface area (Å²) in [6.45, 7) is 3.90. The summed E-state index contributed by atoms with van der Waals surface area (Å²) in [5.74, 6) is 0. The van der Waals surface area contributed by atoms with Gasteiger partial charge in [0.25, 0.3) is 13.3 Å². The molecular formula is C5H9O3. The molecule has 0 aromatic heterocycles. The van der Waals surface area contributed by atoms with E-state index in [0.717, 1.165) is 13.2 Å². The Morgan fingerprint density at radius 3 is 2.88 bits per heavy atom. The summed E-state index contributed by atoms with van der Waals surface area (Å²) in [5.41, 5.74) is 0. The Morgan fingerprint density at radius 1 is 1.62 bits per heavy atom. The minimum atomic E-state index is 0.315. The van der Waals surface area contributed by atoms with Crippen molar-refractivity contribution >= 4 is 6.47 Å². The van der Waals surface area contributed by atoms with Gasteiger partial charge in [0.2, 0.25) is 0 Å². The maximum absolute atomic E-state index is 9.43. The van der Waals surface area contributed by atoms with Crippen molar-refractivity contribution in [2.24, 2.45) is 0 Å². The van der Waals surface area contributed by atoms with Crippen molar-refractivity contribution in [1.82, 2.24) is 0 Å². The standard InChI is InChI=1S/C5H9O3/c1-2-3-7-5-8-4-6/h4-5H,2-3H2,1H3. The zero-order valence-electron chi connectivity index (χ0n) is 4.79. The van der Waals surface area contributed by atoms with Gasteiger partial charge in [0, 0.05) is 0 Å². The largest absolute Gasteiger partial charge is 0.431 e. The second-order valence-corrected chi connectivity index (χ2v) is 1.20. The molecule has 0 aromatic carbocycles. The summed E-state index contributed by atoms with van der Waals surface area (Å²) in [6.07, 6.45) is 0.915. The molecule has 0 unspecified atom stereocenters. The highest BCUT2D eigenvalue weighted by Gasteiger charge is 1.82. The number of carbonyl (C=O) groups excluding carboxylic acids is 1. The molecule has 0 aliphatic rings. The minimum absolute atomic E-state index is 0.315. The van der Waals surface area contributed by atoms with Crippen LogP contribution in [0.5, 0.6) is 0 Å². The molecule has 0 spiro atoms. The molecule has 0 bridgehead atoms. The first-order chi connectivity index (χ1) is 3.91. The predicted molar refractivity (Wildman–Crippen MR) is 27.7 cm³/mol. The van der Waals surface area contributed by atoms with Crippen molar-refractivity contribution in [3.8, 4) is 0 Å². The highest BCUT2D eigenvalue weighted by molar-refractivity contribution is 5.37. The lowest BCUT2D eigenvalue weighted by atomic mass is 10.5. The van der Waals surface area contributed by atoms with Crippen LogP contribution in [0.25, 0.3) is 0 Å². The zero-order chi connectivity index (χ0) is 6.24. The van der Waals surface area contributed by atoms with Crippen LogP contribution in [-0.4, -0.2) is 13.1 Å². The Bertz CT molecular complexity index is 53.6. The van der Waals surface area contributed by atoms with E-state index in [0.29, 0.717) is 13.1 Å². The van der Waals surface area contributed by atoms with Crippen molar-refractivity contribution in [1.29, 1.82) is 0 Å². The topological polar surface area (TPSA) is 35.5 Å². The summed E-state index contributed by atoms with van der Waals surface area (Å²) in [7, 11) is 0. The molecule has 0 N–H and O–H groups in total. The third kappa shape index (κ3) is 5.43. The number of hydrogen-bond donors (Lipinski definition) is 0. The van der Waals surface area contributed by atoms with E-state index >= 15 is 0 Å². The average Bonchev–Trinajstić information content (AvgIpc) is 1.81. The Morgan fingerprint density at radius 2 is 2.38 bits per heavy atom. The summed E-state index contributed by atoms with van der Waals surface area (Å²) < 4.78 is 8.75. The van der Waals surface area contributed by atoms with Crippen LogP contribution in [0.4, 0.5) is 0 Å². The first-order valence-electron chi connectivity index (χ1n) is 2.44. The van der Waals surface area contributed by atoms with Crippen LogP contribution in [0.15, 0.2) is 0 Å². The van der Waals surface area contributed by atoms with Gasteiger partial charge in [-0.2, -0.15) is 0 Å². The van der Waals surface area contributed by atoms with E-state index in [4.69, 9.17) is 0 Å². The molecule has 0 rings (SSSR count). The zero-order valence-corrected chi connectivity index (χ0v) is 4.79. The van der Waals surface area contributed by atoms with Gasteiger partial charge in [-0.15, -0.1) is 0 Å². The van der Waals surface area contributed by atoms with E-state index in [1.54, 1.807) is 0 Å². The van der Waals surface area contributed by atoms with Crippen LogP contribution in [0, 0.1) is 6.79 Å². The molecule has 47 valence electrons. The van der Waals surface area contributed by atoms with Crippen LogP contribution < -0.4 is 0 Å². The molecule has 8 heavy (non-hydrogen) atoms. The van der Waals surface area contributed by atoms with Crippen LogP contribution in [0.2, 0.25) is 0 Å². The van der Waals surface area contributed by atoms with Gasteiger partial charge in [-0.1, -0.05) is 6.92 Å². The fourth-order valence-corrected chi connectivity index (χ4v) is 0.228. The van der Waals surface area contributed by atoms with Gasteiger partial charge in [0.05, 0.1) is 6.61 Å². The van der Waals surface area contributed by atoms with Gasteiger partial charge >= 0.3 is 0 Å². The van der Waals surface area contributed by atoms with E-state index in [2.05, 4.69) is 9.47 Å². The van der Waals surface area contributed by atoms with Crippen LogP contribution >= 0.6 is 0 Å². The Kier molecular flexibility index (Phi) is 5.97. The van der Waals surface area contributed by atoms with Gasteiger partial charge in [0.1, 0.15) is 0 Å². The smallest absolute Gasteiger partial charge is 0.295 e. The fourth-order valence-electron chi connectivity index (χ4n) is 0.228. The molecule has 0 atom stereocenters. The van der Waals surface area contributed by atoms with Crippen molar-refractivity contribution in [2.75, 3.05) is 6.61 Å². The van der Waals surface area contributed by atoms with Gasteiger partial charge in [-0.25, -0.2) is 0 Å². The van der Waals surface area contributed by atoms with Gasteiger partial charge in [0.15, 0.2) is 0 Å². The third-order valence-corrected chi connectivity index (χ3v) is 0.501. The maximum atomic E-state index is 9.43. The summed E-state index contributed by atoms with van der Waals surface area (Å²) in [5, 5.41) is 0. The van der Waals surface area contributed by atoms with Crippen LogP contribution in [-0.2, 0) is 14.3 Å². The average molecular weight is 117 g/mol. The molecular weight excluding hydrogens is 108 g/mol. The SMILES string of the molecule is CCCO[CH]OC=O. The molecule has 1 radical (unpaired) electrons. The Hall–Kier alpha value is -0.570. The first kappa shape index (κ1) is 7.43. The van der Waals surface area contributed by atoms with Crippen molar-refractivity contribution in [3.05, 3.63) is 6.79 Å². The molecule has 0 fully saturated rings. The molecule has 0 aromatic rings. The fraction of sp³-hybridized carbons (Fsp3) is 0.600. The lowest BCUT2D eigenvalue weighted by Gasteiger charge is -1.95. The minimum Gasteiger partial charge on any atom is -0.431 e. The summed E-state index contributed by atoms with van der Waals surface area (Å²) in [4.78, 5) is 9.43. The number of carbonyl (C=O) groups is 1. The van der Waals surface area contributed by atoms with Gasteiger partial charge < -0.3 is 9.47 Å². The molecule has 3 heteroatoms. The highest BCUT2D eigenvalue weighted by Crippen LogP contribution is 1.83. The molecule has 3 nitrogen and oxygen atoms in total. The van der Waals surface area contributed by atoms with Crippen LogP contribution in [0.1, 0.15) is 13.3 Å². The normalized spacial score (nSPS) is 8.62. The van der Waals surface area contributed by atoms with Crippen molar-refractivity contribution in [2.45, 2.75) is 13.3 Å². The predicted octanol–water partition coefficient (Wildman–Crippen LogP) is 0.705. The second-order valence-electron chi connectivity index (χ2n) is 1.20. The van der Waals surface area contributed by atoms with E-state index in [1.165, 1.54) is 0 Å². The highest BCUT2D eigenvalue weighted by atomic mass is 16.7. The Balaban J connectivity index is 2.62. The van der Waals surface area contributed by atoms with E-state index in [1.807, 2.05) is 6.92 Å². The van der Waals surface area contributed by atoms with Crippen LogP contribution in [0.3, 0.4) is 0 Å². The molecule has 0 saturated carbocycles. The second kappa shape index (κ2) is 6.43. The number of hydrogen-bond acceptors (Lipinski definition) is 3. The van der Waals surface area contributed by atoms with E-state index in [-0.39, 0.29) is 0 Å². The lowest BCUT2D eigenvalue weighted by molar-refractivity contribution is -0.131. The number of rotatable bonds is 5. The lowest BCUT2D eigenvalue weighted by Crippen LogP contribution is -1.91. The van der Waals surface area contributed by atoms with Crippen molar-refractivity contribution < 1.29 is 14.3 Å². The Labute approximate surface area is 48.6 Å². The molecule has 0 saturated heterocycles. The molecule has 0 aliphatic carbocycles. The van der Waals surface area contributed by atoms with Gasteiger partial charge in [-0.3, -0.25) is 4.79 Å². The molecule has 0 aliphatic heterocycles. The molecule has 0 heterocycles. The monoisotopic (exact) mass is 117 g/mol. The molecule has 0 amide bonds. The van der Waals surface area contributed by atoms with Gasteiger partial charge in [-0.05, 0) is 6.42 Å². The quantitative estimate of drug-likeness (QED) is 0.393. The summed E-state index contributed by atoms with van der Waals surface area (Å²) >= 11 is 0. The van der Waals surface area contributed by atoms with Crippen molar-refractivity contribution in [3.63, 3.8) is 0 Å². The summed E-state index contributed by atoms with van der Waals surface area (Å²) in [6, 6.07) is 0. The number of ether oxygens (including phenoxy) is 2.